The summed E-state index contributed by atoms with van der Waals surface area (Å²) in [6, 6.07) is 12.6. The van der Waals surface area contributed by atoms with E-state index in [0.717, 1.165) is 64.5 Å². The highest BCUT2D eigenvalue weighted by Crippen LogP contribution is 2.36. The number of methoxy groups -OCH3 is 1. The van der Waals surface area contributed by atoms with Crippen molar-refractivity contribution in [1.82, 2.24) is 4.98 Å². The fourth-order valence-corrected chi connectivity index (χ4v) is 5.18. The Morgan fingerprint density at radius 1 is 1.17 bits per heavy atom. The van der Waals surface area contributed by atoms with E-state index in [9.17, 15) is 4.79 Å². The minimum absolute atomic E-state index is 0.0376. The first kappa shape index (κ1) is 27.7. The Kier molecular flexibility index (Phi) is 9.94. The zero-order valence-corrected chi connectivity index (χ0v) is 23.4. The van der Waals surface area contributed by atoms with Gasteiger partial charge in [0, 0.05) is 30.2 Å². The molecule has 0 bridgehead atoms. The van der Waals surface area contributed by atoms with Gasteiger partial charge in [0.1, 0.15) is 5.75 Å². The van der Waals surface area contributed by atoms with Gasteiger partial charge in [0.05, 0.1) is 7.11 Å². The van der Waals surface area contributed by atoms with Crippen LogP contribution < -0.4 is 15.4 Å². The molecule has 1 unspecified atom stereocenters. The standard InChI is InChI=1S/C30H41N3O2S/c1-7-8-9-12-23(24-13-10-11-21(2)28(24)35-6)19-27(34)33-26-18-22(14-15-25(26)30(3,4)5)20-32-29-31-16-17-36-29/h10-11,13-18,23H,7-9,12,19-20H2,1-6H3,(H,31,32)(H,33,34). The fraction of sp³-hybridized carbons (Fsp3) is 0.467. The summed E-state index contributed by atoms with van der Waals surface area (Å²) >= 11 is 1.58. The van der Waals surface area contributed by atoms with E-state index in [-0.39, 0.29) is 17.2 Å². The molecule has 0 aliphatic heterocycles. The van der Waals surface area contributed by atoms with Crippen LogP contribution in [0, 0.1) is 6.92 Å². The molecule has 36 heavy (non-hydrogen) atoms. The van der Waals surface area contributed by atoms with Crippen molar-refractivity contribution < 1.29 is 9.53 Å². The number of rotatable bonds is 12. The summed E-state index contributed by atoms with van der Waals surface area (Å²) in [5.74, 6) is 1.05. The molecule has 1 amide bonds. The van der Waals surface area contributed by atoms with Crippen molar-refractivity contribution in [1.29, 1.82) is 0 Å². The van der Waals surface area contributed by atoms with E-state index in [0.29, 0.717) is 13.0 Å². The number of carbonyl (C=O) groups is 1. The van der Waals surface area contributed by atoms with Gasteiger partial charge in [0.15, 0.2) is 5.13 Å². The molecule has 0 spiro atoms. The normalized spacial score (nSPS) is 12.3. The van der Waals surface area contributed by atoms with Gasteiger partial charge < -0.3 is 15.4 Å². The third-order valence-electron chi connectivity index (χ3n) is 6.52. The monoisotopic (exact) mass is 507 g/mol. The topological polar surface area (TPSA) is 63.2 Å². The van der Waals surface area contributed by atoms with Crippen molar-refractivity contribution in [2.45, 2.75) is 84.6 Å². The molecule has 0 fully saturated rings. The van der Waals surface area contributed by atoms with E-state index in [1.54, 1.807) is 24.6 Å². The Hall–Kier alpha value is -2.86. The third kappa shape index (κ3) is 7.57. The van der Waals surface area contributed by atoms with Gasteiger partial charge in [-0.2, -0.15) is 0 Å². The van der Waals surface area contributed by atoms with E-state index >= 15 is 0 Å². The van der Waals surface area contributed by atoms with Crippen LogP contribution in [0.2, 0.25) is 0 Å². The van der Waals surface area contributed by atoms with Crippen LogP contribution in [0.25, 0.3) is 0 Å². The Bertz CT molecular complexity index is 1120. The molecule has 194 valence electrons. The molecule has 0 saturated carbocycles. The zero-order chi connectivity index (χ0) is 26.1. The predicted octanol–water partition coefficient (Wildman–Crippen LogP) is 8.06. The number of nitrogens with one attached hydrogen (secondary N) is 2. The molecule has 5 nitrogen and oxygen atoms in total. The first-order valence-corrected chi connectivity index (χ1v) is 13.8. The van der Waals surface area contributed by atoms with Crippen molar-refractivity contribution >= 4 is 28.1 Å². The second-order valence-corrected chi connectivity index (χ2v) is 11.4. The summed E-state index contributed by atoms with van der Waals surface area (Å²) in [4.78, 5) is 17.8. The van der Waals surface area contributed by atoms with Crippen LogP contribution in [0.4, 0.5) is 10.8 Å². The second kappa shape index (κ2) is 12.9. The van der Waals surface area contributed by atoms with Crippen LogP contribution in [0.1, 0.15) is 88.0 Å². The lowest BCUT2D eigenvalue weighted by Gasteiger charge is -2.25. The maximum atomic E-state index is 13.5. The lowest BCUT2D eigenvalue weighted by Crippen LogP contribution is -2.21. The van der Waals surface area contributed by atoms with E-state index < -0.39 is 0 Å². The molecule has 1 heterocycles. The van der Waals surface area contributed by atoms with Crippen molar-refractivity contribution in [3.63, 3.8) is 0 Å². The zero-order valence-electron chi connectivity index (χ0n) is 22.6. The average Bonchev–Trinajstić information content (AvgIpc) is 3.35. The quantitative estimate of drug-likeness (QED) is 0.243. The van der Waals surface area contributed by atoms with Gasteiger partial charge in [-0.05, 0) is 53.0 Å². The van der Waals surface area contributed by atoms with Crippen LogP contribution in [-0.2, 0) is 16.8 Å². The number of carbonyl (C=O) groups excluding carboxylic acids is 1. The summed E-state index contributed by atoms with van der Waals surface area (Å²) in [6.45, 7) is 11.5. The minimum Gasteiger partial charge on any atom is -0.496 e. The minimum atomic E-state index is -0.0931. The largest absolute Gasteiger partial charge is 0.496 e. The maximum Gasteiger partial charge on any atom is 0.224 e. The lowest BCUT2D eigenvalue weighted by atomic mass is 9.84. The van der Waals surface area contributed by atoms with Crippen molar-refractivity contribution in [2.24, 2.45) is 0 Å². The molecule has 0 saturated heterocycles. The molecule has 1 aromatic heterocycles. The Balaban J connectivity index is 1.82. The van der Waals surface area contributed by atoms with Gasteiger partial charge in [-0.15, -0.1) is 11.3 Å². The number of anilines is 2. The number of benzene rings is 2. The van der Waals surface area contributed by atoms with Crippen LogP contribution in [0.15, 0.2) is 48.0 Å². The van der Waals surface area contributed by atoms with Gasteiger partial charge >= 0.3 is 0 Å². The summed E-state index contributed by atoms with van der Waals surface area (Å²) in [6.07, 6.45) is 6.59. The van der Waals surface area contributed by atoms with E-state index in [1.807, 2.05) is 5.38 Å². The molecule has 2 aromatic carbocycles. The molecule has 3 aromatic rings. The van der Waals surface area contributed by atoms with Crippen molar-refractivity contribution in [2.75, 3.05) is 17.7 Å². The Morgan fingerprint density at radius 3 is 2.64 bits per heavy atom. The van der Waals surface area contributed by atoms with Crippen molar-refractivity contribution in [3.8, 4) is 5.75 Å². The number of unbranched alkanes of at least 4 members (excludes halogenated alkanes) is 2. The molecule has 6 heteroatoms. The highest BCUT2D eigenvalue weighted by Gasteiger charge is 2.23. The van der Waals surface area contributed by atoms with Gasteiger partial charge in [-0.1, -0.05) is 77.3 Å². The van der Waals surface area contributed by atoms with Gasteiger partial charge in [0.25, 0.3) is 0 Å². The van der Waals surface area contributed by atoms with Crippen LogP contribution in [-0.4, -0.2) is 18.0 Å². The number of ether oxygens (including phenoxy) is 1. The molecule has 2 N–H and O–H groups in total. The predicted molar refractivity (Wildman–Crippen MR) is 152 cm³/mol. The van der Waals surface area contributed by atoms with Gasteiger partial charge in [0.2, 0.25) is 5.91 Å². The third-order valence-corrected chi connectivity index (χ3v) is 7.25. The lowest BCUT2D eigenvalue weighted by molar-refractivity contribution is -0.116. The highest BCUT2D eigenvalue weighted by atomic mass is 32.1. The molecule has 1 atom stereocenters. The van der Waals surface area contributed by atoms with E-state index in [1.165, 1.54) is 0 Å². The smallest absolute Gasteiger partial charge is 0.224 e. The van der Waals surface area contributed by atoms with E-state index in [2.05, 4.69) is 86.6 Å². The number of para-hydroxylation sites is 1. The molecule has 0 aliphatic rings. The number of nitrogens with zero attached hydrogens (tertiary/aromatic N) is 1. The number of amides is 1. The molecule has 0 aliphatic carbocycles. The molecular weight excluding hydrogens is 466 g/mol. The number of hydrogen-bond acceptors (Lipinski definition) is 5. The number of hydrogen-bond donors (Lipinski definition) is 2. The SMILES string of the molecule is CCCCCC(CC(=O)Nc1cc(CNc2nccs2)ccc1C(C)(C)C)c1cccc(C)c1OC. The van der Waals surface area contributed by atoms with Crippen molar-refractivity contribution in [3.05, 3.63) is 70.2 Å². The van der Waals surface area contributed by atoms with E-state index in [4.69, 9.17) is 4.74 Å². The molecule has 3 rings (SSSR count). The first-order chi connectivity index (χ1) is 17.2. The maximum absolute atomic E-state index is 13.5. The number of aryl methyl sites for hydroxylation is 1. The van der Waals surface area contributed by atoms with Crippen LogP contribution >= 0.6 is 11.3 Å². The summed E-state index contributed by atoms with van der Waals surface area (Å²) in [5, 5.41) is 9.48. The fourth-order valence-electron chi connectivity index (χ4n) is 4.66. The summed E-state index contributed by atoms with van der Waals surface area (Å²) in [7, 11) is 1.72. The average molecular weight is 508 g/mol. The Labute approximate surface area is 220 Å². The van der Waals surface area contributed by atoms with Gasteiger partial charge in [-0.3, -0.25) is 4.79 Å². The number of aromatic nitrogens is 1. The summed E-state index contributed by atoms with van der Waals surface area (Å²) in [5.41, 5.74) is 5.25. The van der Waals surface area contributed by atoms with Crippen LogP contribution in [0.3, 0.4) is 0 Å². The summed E-state index contributed by atoms with van der Waals surface area (Å²) < 4.78 is 5.76. The Morgan fingerprint density at radius 2 is 1.97 bits per heavy atom. The first-order valence-electron chi connectivity index (χ1n) is 12.9. The molecule has 0 radical (unpaired) electrons. The van der Waals surface area contributed by atoms with Gasteiger partial charge in [-0.25, -0.2) is 4.98 Å². The second-order valence-electron chi connectivity index (χ2n) is 10.5. The number of thiazole rings is 1. The van der Waals surface area contributed by atoms with Crippen LogP contribution in [0.5, 0.6) is 5.75 Å². The molecular formula is C30H41N3O2S. The highest BCUT2D eigenvalue weighted by molar-refractivity contribution is 7.13.